The van der Waals surface area contributed by atoms with Gasteiger partial charge in [-0.2, -0.15) is 0 Å². The normalized spacial score (nSPS) is 14.9. The number of rotatable bonds is 9. The van der Waals surface area contributed by atoms with Gasteiger partial charge in [-0.3, -0.25) is 4.57 Å². The fourth-order valence-electron chi connectivity index (χ4n) is 2.37. The molecule has 10 nitrogen and oxygen atoms in total. The Balaban J connectivity index is -0.000000244. The van der Waals surface area contributed by atoms with E-state index in [1.165, 1.54) is 38.9 Å². The first-order valence-corrected chi connectivity index (χ1v) is 9.07. The number of carboxylic acid groups (broad SMARTS) is 1. The number of likely N-dealkylation sites (tertiary alicyclic amines) is 1. The Morgan fingerprint density at radius 2 is 1.52 bits per heavy atom. The third-order valence-corrected chi connectivity index (χ3v) is 3.53. The number of hydrogen-bond acceptors (Lipinski definition) is 8. The summed E-state index contributed by atoms with van der Waals surface area (Å²) in [4.78, 5) is 36.0. The molecule has 0 bridgehead atoms. The number of phosphoric acid groups is 1. The molecule has 0 amide bonds. The average Bonchev–Trinajstić information content (AvgIpc) is 2.88. The van der Waals surface area contributed by atoms with Gasteiger partial charge in [0.2, 0.25) is 0 Å². The molecular weight excluding hydrogens is 536 g/mol. The molecule has 1 aliphatic heterocycles. The molecule has 25 heavy (non-hydrogen) atoms. The second-order valence-corrected chi connectivity index (χ2v) is 6.42. The number of aliphatic hydroxyl groups excluding tert-OH is 1. The number of carboxylic acids is 1. The van der Waals surface area contributed by atoms with Gasteiger partial charge in [0, 0.05) is 11.9 Å². The Kier molecular flexibility index (Phi) is 24.7. The number of carbonyl (C=O) groups is 1. The van der Waals surface area contributed by atoms with E-state index in [1.807, 2.05) is 0 Å². The predicted molar refractivity (Wildman–Crippen MR) is 86.4 cm³/mol. The van der Waals surface area contributed by atoms with Gasteiger partial charge in [-0.25, -0.2) is 0 Å². The van der Waals surface area contributed by atoms with Crippen LogP contribution in [0.15, 0.2) is 0 Å². The molecule has 1 rings (SSSR count). The van der Waals surface area contributed by atoms with Gasteiger partial charge in [0.1, 0.15) is 0 Å². The van der Waals surface area contributed by atoms with Crippen molar-refractivity contribution in [2.24, 2.45) is 5.92 Å². The number of carbonyl (C=O) groups excluding carboxylic acids is 1. The average molecular weight is 568 g/mol. The van der Waals surface area contributed by atoms with Gasteiger partial charge in [-0.1, -0.05) is 19.3 Å². The zero-order valence-corrected chi connectivity index (χ0v) is 17.6. The van der Waals surface area contributed by atoms with E-state index < -0.39 is 19.7 Å². The molecule has 0 spiro atoms. The Morgan fingerprint density at radius 1 is 1.08 bits per heavy atom. The van der Waals surface area contributed by atoms with Crippen molar-refractivity contribution in [1.82, 2.24) is 17.2 Å². The summed E-state index contributed by atoms with van der Waals surface area (Å²) in [5, 5.41) is 19.4. The minimum atomic E-state index is -4.89. The van der Waals surface area contributed by atoms with Crippen molar-refractivity contribution >= 4 is 13.8 Å². The van der Waals surface area contributed by atoms with Crippen molar-refractivity contribution in [1.29, 1.82) is 0 Å². The quantitative estimate of drug-likeness (QED) is 0.172. The van der Waals surface area contributed by atoms with E-state index in [0.717, 1.165) is 19.3 Å². The largest absolute Gasteiger partial charge is 2.00 e. The molecule has 0 radical (unpaired) electrons. The summed E-state index contributed by atoms with van der Waals surface area (Å²) in [5.41, 5.74) is 0. The maximum absolute atomic E-state index is 10.5. The van der Waals surface area contributed by atoms with Crippen LogP contribution in [0.2, 0.25) is 0 Å². The van der Waals surface area contributed by atoms with Crippen LogP contribution in [0.3, 0.4) is 0 Å². The van der Waals surface area contributed by atoms with E-state index in [4.69, 9.17) is 24.4 Å². The summed E-state index contributed by atoms with van der Waals surface area (Å²) in [5.74, 6) is -1.79. The molecule has 9 N–H and O–H groups in total. The SMILES string of the molecule is N.N.O=C([O-])C(CO)CCCCCCN1CCCC1.O=P([O-])(O)O.[Pt+2]. The van der Waals surface area contributed by atoms with Gasteiger partial charge in [0.15, 0.2) is 0 Å². The standard InChI is InChI=1S/C13H25NO3.2H3N.H3O4P.Pt/c15-11-12(13(16)17)7-3-1-2-4-8-14-9-5-6-10-14;;;1-5(2,3)4;/h12,15H,1-11H2,(H,16,17);2*1H3;(H3,1,2,3,4);/q;;;;+2/p-2. The Bertz CT molecular complexity index is 346. The summed E-state index contributed by atoms with van der Waals surface area (Å²) in [6.45, 7) is 3.38. The third kappa shape index (κ3) is 24.1. The summed E-state index contributed by atoms with van der Waals surface area (Å²) < 4.78 is 8.77. The topological polar surface area (TPSA) is 214 Å². The van der Waals surface area contributed by atoms with Gasteiger partial charge in [0.05, 0.1) is 6.61 Å². The second kappa shape index (κ2) is 18.9. The molecule has 1 atom stereocenters. The molecular formula is C13H32N3O7PPt. The van der Waals surface area contributed by atoms with Crippen molar-refractivity contribution in [2.75, 3.05) is 26.2 Å². The number of hydrogen-bond donors (Lipinski definition) is 5. The van der Waals surface area contributed by atoms with Crippen LogP contribution < -0.4 is 22.3 Å². The Hall–Kier alpha value is 0.108. The second-order valence-electron chi connectivity index (χ2n) is 5.44. The number of unbranched alkanes of at least 4 members (excludes halogenated alkanes) is 3. The van der Waals surface area contributed by atoms with Gasteiger partial charge >= 0.3 is 21.1 Å². The van der Waals surface area contributed by atoms with Crippen molar-refractivity contribution < 1.29 is 55.3 Å². The van der Waals surface area contributed by atoms with Crippen molar-refractivity contribution in [3.63, 3.8) is 0 Å². The Labute approximate surface area is 163 Å². The summed E-state index contributed by atoms with van der Waals surface area (Å²) in [6.07, 6.45) is 7.50. The molecule has 12 heteroatoms. The van der Waals surface area contributed by atoms with Crippen LogP contribution in [-0.2, 0) is 30.4 Å². The fourth-order valence-corrected chi connectivity index (χ4v) is 2.37. The minimum absolute atomic E-state index is 0. The molecule has 1 unspecified atom stereocenters. The molecule has 1 heterocycles. The molecule has 0 aromatic heterocycles. The molecule has 0 aromatic carbocycles. The first kappa shape index (κ1) is 32.8. The Morgan fingerprint density at radius 3 is 1.92 bits per heavy atom. The van der Waals surface area contributed by atoms with E-state index >= 15 is 0 Å². The zero-order valence-electron chi connectivity index (χ0n) is 14.5. The van der Waals surface area contributed by atoms with E-state index in [-0.39, 0.29) is 40.0 Å². The number of aliphatic carboxylic acids is 1. The fraction of sp³-hybridized carbons (Fsp3) is 0.923. The first-order valence-electron chi connectivity index (χ1n) is 7.54. The van der Waals surface area contributed by atoms with Crippen molar-refractivity contribution in [2.45, 2.75) is 44.9 Å². The molecule has 1 aliphatic rings. The third-order valence-electron chi connectivity index (χ3n) is 3.53. The van der Waals surface area contributed by atoms with E-state index in [2.05, 4.69) is 4.90 Å². The van der Waals surface area contributed by atoms with Crippen LogP contribution in [0, 0.1) is 5.92 Å². The van der Waals surface area contributed by atoms with Crippen LogP contribution in [0.5, 0.6) is 0 Å². The summed E-state index contributed by atoms with van der Waals surface area (Å²) in [7, 11) is -4.89. The zero-order chi connectivity index (χ0) is 17.0. The first-order chi connectivity index (χ1) is 10.2. The van der Waals surface area contributed by atoms with E-state index in [0.29, 0.717) is 6.42 Å². The van der Waals surface area contributed by atoms with Gasteiger partial charge in [-0.05, 0) is 45.3 Å². The molecule has 1 saturated heterocycles. The van der Waals surface area contributed by atoms with Crippen molar-refractivity contribution in [3.8, 4) is 0 Å². The van der Waals surface area contributed by atoms with Gasteiger partial charge in [0.25, 0.3) is 7.82 Å². The maximum atomic E-state index is 10.5. The monoisotopic (exact) mass is 568 g/mol. The number of nitrogens with zero attached hydrogens (tertiary/aromatic N) is 1. The van der Waals surface area contributed by atoms with Gasteiger partial charge < -0.3 is 46.9 Å². The van der Waals surface area contributed by atoms with Crippen LogP contribution in [-0.4, -0.2) is 52.0 Å². The summed E-state index contributed by atoms with van der Waals surface area (Å²) >= 11 is 0. The van der Waals surface area contributed by atoms with Crippen LogP contribution >= 0.6 is 7.82 Å². The van der Waals surface area contributed by atoms with Crippen molar-refractivity contribution in [3.05, 3.63) is 0 Å². The van der Waals surface area contributed by atoms with E-state index in [1.54, 1.807) is 0 Å². The van der Waals surface area contributed by atoms with Crippen LogP contribution in [0.25, 0.3) is 0 Å². The molecule has 0 aliphatic carbocycles. The summed E-state index contributed by atoms with van der Waals surface area (Å²) in [6, 6.07) is 0. The van der Waals surface area contributed by atoms with Crippen LogP contribution in [0.4, 0.5) is 0 Å². The van der Waals surface area contributed by atoms with Crippen LogP contribution in [0.1, 0.15) is 44.9 Å². The molecule has 156 valence electrons. The smallest absolute Gasteiger partial charge is 0.756 e. The molecule has 0 saturated carbocycles. The maximum Gasteiger partial charge on any atom is 2.00 e. The number of aliphatic hydroxyl groups is 1. The van der Waals surface area contributed by atoms with E-state index in [9.17, 15) is 9.90 Å². The molecule has 1 fully saturated rings. The molecule has 0 aromatic rings. The predicted octanol–water partition coefficient (Wildman–Crippen LogP) is -0.848. The van der Waals surface area contributed by atoms with Gasteiger partial charge in [-0.15, -0.1) is 0 Å². The minimum Gasteiger partial charge on any atom is -0.756 e.